The number of carbonyl (C=O) groups excluding carboxylic acids is 4. The van der Waals surface area contributed by atoms with Gasteiger partial charge in [0.2, 0.25) is 0 Å². The number of fused-ring (bicyclic) bond motifs is 2. The third kappa shape index (κ3) is 2.08. The van der Waals surface area contributed by atoms with Crippen LogP contribution in [0.5, 0.6) is 0 Å². The molecule has 76 valence electrons. The Morgan fingerprint density at radius 3 is 2.00 bits per heavy atom. The van der Waals surface area contributed by atoms with Crippen molar-refractivity contribution in [3.63, 3.8) is 0 Å². The van der Waals surface area contributed by atoms with Crippen LogP contribution in [-0.2, 0) is 19.2 Å². The van der Waals surface area contributed by atoms with Crippen molar-refractivity contribution < 1.29 is 38.0 Å². The molecule has 2 aliphatic rings. The largest absolute Gasteiger partial charge is 1.00 e. The topological polar surface area (TPSA) is 68.3 Å². The van der Waals surface area contributed by atoms with E-state index in [2.05, 4.69) is 0 Å². The number of carbonyl (C=O) groups is 2. The molecule has 0 spiro atoms. The van der Waals surface area contributed by atoms with Gasteiger partial charge in [0.1, 0.15) is 0 Å². The molecule has 2 fully saturated rings. The summed E-state index contributed by atoms with van der Waals surface area (Å²) in [5.74, 6) is 0.542. The van der Waals surface area contributed by atoms with Gasteiger partial charge in [-0.3, -0.25) is 0 Å². The van der Waals surface area contributed by atoms with Crippen LogP contribution in [0, 0.1) is 17.3 Å². The zero-order chi connectivity index (χ0) is 10.9. The van der Waals surface area contributed by atoms with Gasteiger partial charge in [-0.25, -0.2) is 0 Å². The van der Waals surface area contributed by atoms with Gasteiger partial charge in [-0.15, -0.1) is 0 Å². The van der Waals surface area contributed by atoms with Crippen molar-refractivity contribution in [3.05, 3.63) is 5.92 Å². The van der Waals surface area contributed by atoms with E-state index in [-0.39, 0.29) is 47.9 Å². The summed E-state index contributed by atoms with van der Waals surface area (Å²) in [4.78, 5) is 38.7. The van der Waals surface area contributed by atoms with Gasteiger partial charge in [-0.05, 0) is 0 Å². The van der Waals surface area contributed by atoms with Gasteiger partial charge in [0.15, 0.2) is 0 Å². The van der Waals surface area contributed by atoms with Gasteiger partial charge in [-0.1, -0.05) is 38.0 Å². The van der Waals surface area contributed by atoms with Crippen molar-refractivity contribution >= 4 is 17.7 Å². The molecular weight excluding hydrogens is 191 g/mol. The van der Waals surface area contributed by atoms with Crippen molar-refractivity contribution in [1.82, 2.24) is 0 Å². The molecule has 0 saturated heterocycles. The average Bonchev–Trinajstić information content (AvgIpc) is 2.45. The summed E-state index contributed by atoms with van der Waals surface area (Å²) in [6, 6.07) is 0. The maximum absolute atomic E-state index is 11.2. The summed E-state index contributed by atoms with van der Waals surface area (Å²) in [6.07, 6.45) is 2.00. The molecule has 2 rings (SSSR count). The normalized spacial score (nSPS) is 25.2. The quantitative estimate of drug-likeness (QED) is 0.249. The predicted octanol–water partition coefficient (Wildman–Crippen LogP) is -2.43. The van der Waals surface area contributed by atoms with E-state index in [0.29, 0.717) is 0 Å². The van der Waals surface area contributed by atoms with Crippen molar-refractivity contribution in [2.45, 2.75) is 26.7 Å². The Morgan fingerprint density at radius 2 is 1.80 bits per heavy atom. The van der Waals surface area contributed by atoms with Gasteiger partial charge >= 0.3 is 25.0 Å². The van der Waals surface area contributed by atoms with E-state index >= 15 is 0 Å². The van der Waals surface area contributed by atoms with Crippen LogP contribution in [0.2, 0.25) is 0 Å². The first kappa shape index (κ1) is 14.2. The molecule has 2 aliphatic carbocycles. The minimum absolute atomic E-state index is 0. The molecule has 0 aliphatic heterocycles. The molecular formula is C10H11LiO4. The van der Waals surface area contributed by atoms with Crippen molar-refractivity contribution in [2.24, 2.45) is 11.3 Å². The molecule has 1 unspecified atom stereocenters. The van der Waals surface area contributed by atoms with E-state index in [1.165, 1.54) is 0 Å². The second-order valence-corrected chi connectivity index (χ2v) is 4.07. The van der Waals surface area contributed by atoms with Crippen LogP contribution in [0.25, 0.3) is 0 Å². The summed E-state index contributed by atoms with van der Waals surface area (Å²) in [5.41, 5.74) is -0.117. The Morgan fingerprint density at radius 1 is 1.33 bits per heavy atom. The predicted molar refractivity (Wildman–Crippen MR) is 44.8 cm³/mol. The molecule has 0 N–H and O–H groups in total. The summed E-state index contributed by atoms with van der Waals surface area (Å²) in [6.45, 7) is 4.01. The Balaban J connectivity index is 0.000000443. The molecule has 4 nitrogen and oxygen atoms in total. The molecule has 0 heterocycles. The second kappa shape index (κ2) is 4.81. The fourth-order valence-electron chi connectivity index (χ4n) is 2.35. The first-order chi connectivity index (χ1) is 6.46. The van der Waals surface area contributed by atoms with Gasteiger partial charge in [0, 0.05) is 5.78 Å². The van der Waals surface area contributed by atoms with Crippen LogP contribution in [0.3, 0.4) is 0 Å². The van der Waals surface area contributed by atoms with E-state index in [1.807, 2.05) is 13.8 Å². The molecule has 0 radical (unpaired) electrons. The van der Waals surface area contributed by atoms with Crippen molar-refractivity contribution in [2.75, 3.05) is 0 Å². The summed E-state index contributed by atoms with van der Waals surface area (Å²) < 4.78 is 0. The van der Waals surface area contributed by atoms with Gasteiger partial charge < -0.3 is 9.59 Å². The molecule has 0 amide bonds. The molecule has 2 saturated carbocycles. The number of hydrogen-bond acceptors (Lipinski definition) is 4. The second-order valence-electron chi connectivity index (χ2n) is 4.07. The van der Waals surface area contributed by atoms with E-state index in [9.17, 15) is 9.59 Å². The fourth-order valence-corrected chi connectivity index (χ4v) is 2.35. The Hall–Kier alpha value is -0.813. The third-order valence-corrected chi connectivity index (χ3v) is 3.15. The standard InChI is InChI=1S/C9H11O2.CO2.Li/c1-9(2)5-3-4-6(9)8(11)7(5)10;2-1-3;/h5H,3-4H2,1-2H3;;/q-1;;+1. The Kier molecular flexibility index (Phi) is 4.55. The van der Waals surface area contributed by atoms with Gasteiger partial charge in [-0.2, -0.15) is 15.5 Å². The smallest absolute Gasteiger partial charge is 0.403 e. The van der Waals surface area contributed by atoms with Crippen LogP contribution in [0.1, 0.15) is 26.7 Å². The van der Waals surface area contributed by atoms with Crippen LogP contribution in [0.15, 0.2) is 0 Å². The monoisotopic (exact) mass is 202 g/mol. The molecule has 0 aromatic carbocycles. The summed E-state index contributed by atoms with van der Waals surface area (Å²) >= 11 is 0. The van der Waals surface area contributed by atoms with E-state index in [1.54, 1.807) is 0 Å². The summed E-state index contributed by atoms with van der Waals surface area (Å²) in [7, 11) is 0. The minimum atomic E-state index is -0.189. The van der Waals surface area contributed by atoms with Gasteiger partial charge in [0.05, 0.1) is 5.78 Å². The number of Topliss-reactive ketones (excluding diaryl/α,β-unsaturated/α-hetero) is 2. The fraction of sp³-hybridized carbons (Fsp3) is 0.600. The molecule has 5 heteroatoms. The molecule has 2 bridgehead atoms. The first-order valence-electron chi connectivity index (χ1n) is 4.41. The SMILES string of the molecule is CC1(C)[C-]2CCC1C(=O)C2=O.O=C=O.[Li+]. The van der Waals surface area contributed by atoms with Gasteiger partial charge in [0.25, 0.3) is 0 Å². The molecule has 15 heavy (non-hydrogen) atoms. The van der Waals surface area contributed by atoms with Crippen molar-refractivity contribution in [1.29, 1.82) is 0 Å². The number of rotatable bonds is 0. The van der Waals surface area contributed by atoms with Crippen LogP contribution < -0.4 is 18.9 Å². The average molecular weight is 202 g/mol. The molecule has 1 atom stereocenters. The maximum Gasteiger partial charge on any atom is 1.00 e. The number of ketones is 2. The Labute approximate surface area is 100.0 Å². The van der Waals surface area contributed by atoms with Crippen LogP contribution in [-0.4, -0.2) is 17.7 Å². The third-order valence-electron chi connectivity index (χ3n) is 3.15. The Bertz CT molecular complexity index is 291. The van der Waals surface area contributed by atoms with E-state index in [0.717, 1.165) is 18.8 Å². The number of hydrogen-bond donors (Lipinski definition) is 0. The van der Waals surface area contributed by atoms with Crippen LogP contribution >= 0.6 is 0 Å². The van der Waals surface area contributed by atoms with E-state index in [4.69, 9.17) is 9.59 Å². The van der Waals surface area contributed by atoms with Crippen molar-refractivity contribution in [3.8, 4) is 0 Å². The molecule has 0 aromatic rings. The van der Waals surface area contributed by atoms with Crippen LogP contribution in [0.4, 0.5) is 0 Å². The zero-order valence-electron chi connectivity index (χ0n) is 9.12. The zero-order valence-corrected chi connectivity index (χ0v) is 9.12. The molecule has 0 aromatic heterocycles. The minimum Gasteiger partial charge on any atom is -0.403 e. The first-order valence-corrected chi connectivity index (χ1v) is 4.41. The maximum atomic E-state index is 11.2. The summed E-state index contributed by atoms with van der Waals surface area (Å²) in [5, 5.41) is 0. The van der Waals surface area contributed by atoms with E-state index < -0.39 is 0 Å².